The molecule has 0 amide bonds. The van der Waals surface area contributed by atoms with Crippen LogP contribution < -0.4 is 10.0 Å². The minimum absolute atomic E-state index is 0.104. The Morgan fingerprint density at radius 3 is 2.90 bits per heavy atom. The molecule has 2 heterocycles. The highest BCUT2D eigenvalue weighted by atomic mass is 32.2. The van der Waals surface area contributed by atoms with Gasteiger partial charge in [0.15, 0.2) is 0 Å². The van der Waals surface area contributed by atoms with Crippen molar-refractivity contribution in [1.29, 1.82) is 0 Å². The third kappa shape index (κ3) is 3.67. The first-order valence-corrected chi connectivity index (χ1v) is 9.01. The van der Waals surface area contributed by atoms with E-state index in [0.717, 1.165) is 16.3 Å². The van der Waals surface area contributed by atoms with E-state index in [-0.39, 0.29) is 6.54 Å². The first kappa shape index (κ1) is 14.6. The molecular weight excluding hydrogens is 310 g/mol. The third-order valence-electron chi connectivity index (χ3n) is 3.25. The van der Waals surface area contributed by atoms with Crippen molar-refractivity contribution in [2.75, 3.05) is 0 Å². The zero-order valence-electron chi connectivity index (χ0n) is 11.6. The molecule has 0 radical (unpaired) electrons. The number of H-pyrrole nitrogens is 1. The minimum atomic E-state index is -3.52. The van der Waals surface area contributed by atoms with Crippen LogP contribution in [-0.2, 0) is 23.1 Å². The summed E-state index contributed by atoms with van der Waals surface area (Å²) in [6, 6.07) is 2.36. The average molecular weight is 327 g/mol. The number of rotatable bonds is 7. The van der Waals surface area contributed by atoms with Crippen LogP contribution in [0.2, 0.25) is 0 Å². The van der Waals surface area contributed by atoms with Crippen LogP contribution in [0.15, 0.2) is 17.3 Å². The van der Waals surface area contributed by atoms with Crippen molar-refractivity contribution in [3.05, 3.63) is 28.0 Å². The van der Waals surface area contributed by atoms with E-state index in [1.807, 2.05) is 6.92 Å². The number of nitrogens with one attached hydrogen (secondary N) is 3. The van der Waals surface area contributed by atoms with Gasteiger partial charge in [-0.1, -0.05) is 0 Å². The normalized spacial score (nSPS) is 15.5. The Bertz CT molecular complexity index is 704. The topological polar surface area (TPSA) is 99.8 Å². The number of aromatic amines is 1. The molecule has 114 valence electrons. The van der Waals surface area contributed by atoms with Crippen molar-refractivity contribution >= 4 is 21.4 Å². The summed E-state index contributed by atoms with van der Waals surface area (Å²) in [5.41, 5.74) is 0. The molecule has 1 aliphatic carbocycles. The molecule has 1 aliphatic rings. The number of aromatic nitrogens is 3. The molecular formula is C12H17N5O2S2. The number of thiophene rings is 1. The van der Waals surface area contributed by atoms with Crippen molar-refractivity contribution in [3.63, 3.8) is 0 Å². The number of nitrogens with zero attached hydrogens (tertiary/aromatic N) is 2. The Labute approximate surface area is 127 Å². The first-order chi connectivity index (χ1) is 10.0. The van der Waals surface area contributed by atoms with Crippen LogP contribution in [0.3, 0.4) is 0 Å². The lowest BCUT2D eigenvalue weighted by Gasteiger charge is -2.04. The quantitative estimate of drug-likeness (QED) is 0.702. The van der Waals surface area contributed by atoms with Gasteiger partial charge in [-0.25, -0.2) is 18.1 Å². The second-order valence-electron chi connectivity index (χ2n) is 5.05. The average Bonchev–Trinajstić information content (AvgIpc) is 2.97. The molecule has 0 aromatic carbocycles. The lowest BCUT2D eigenvalue weighted by atomic mass is 10.4. The van der Waals surface area contributed by atoms with Crippen LogP contribution >= 0.6 is 11.3 Å². The lowest BCUT2D eigenvalue weighted by Crippen LogP contribution is -2.24. The van der Waals surface area contributed by atoms with E-state index in [9.17, 15) is 8.42 Å². The standard InChI is InChI=1S/C12H17N5O2S2/c1-8-11(4-10(20-8)5-13-9-2-3-9)21(18,19)16-6-12-14-7-15-17-12/h4,7,9,13,16H,2-3,5-6H2,1H3,(H,14,15,17). The van der Waals surface area contributed by atoms with E-state index >= 15 is 0 Å². The van der Waals surface area contributed by atoms with Gasteiger partial charge in [-0.2, -0.15) is 5.10 Å². The van der Waals surface area contributed by atoms with Gasteiger partial charge in [-0.3, -0.25) is 5.10 Å². The lowest BCUT2D eigenvalue weighted by molar-refractivity contribution is 0.579. The molecule has 1 fully saturated rings. The molecule has 2 aromatic rings. The van der Waals surface area contributed by atoms with Crippen LogP contribution in [0.5, 0.6) is 0 Å². The summed E-state index contributed by atoms with van der Waals surface area (Å²) in [7, 11) is -3.52. The van der Waals surface area contributed by atoms with Gasteiger partial charge in [0.05, 0.1) is 11.4 Å². The van der Waals surface area contributed by atoms with Crippen molar-refractivity contribution in [3.8, 4) is 0 Å². The summed E-state index contributed by atoms with van der Waals surface area (Å²) in [5, 5.41) is 9.70. The maximum atomic E-state index is 12.3. The smallest absolute Gasteiger partial charge is 0.242 e. The molecule has 0 atom stereocenters. The molecule has 2 aromatic heterocycles. The van der Waals surface area contributed by atoms with Gasteiger partial charge in [0.25, 0.3) is 0 Å². The SMILES string of the molecule is Cc1sc(CNC2CC2)cc1S(=O)(=O)NCc1ncn[nH]1. The fourth-order valence-electron chi connectivity index (χ4n) is 1.97. The van der Waals surface area contributed by atoms with E-state index < -0.39 is 10.0 Å². The molecule has 3 rings (SSSR count). The fourth-order valence-corrected chi connectivity index (χ4v) is 4.54. The van der Waals surface area contributed by atoms with Gasteiger partial charge in [0, 0.05) is 22.3 Å². The second kappa shape index (κ2) is 5.84. The van der Waals surface area contributed by atoms with E-state index in [1.165, 1.54) is 30.5 Å². The molecule has 0 spiro atoms. The highest BCUT2D eigenvalue weighted by Crippen LogP contribution is 2.27. The molecule has 21 heavy (non-hydrogen) atoms. The van der Waals surface area contributed by atoms with Crippen molar-refractivity contribution in [2.45, 2.75) is 43.8 Å². The Morgan fingerprint density at radius 1 is 1.43 bits per heavy atom. The maximum Gasteiger partial charge on any atom is 0.242 e. The summed E-state index contributed by atoms with van der Waals surface area (Å²) in [6.07, 6.45) is 3.78. The van der Waals surface area contributed by atoms with Crippen LogP contribution in [0.1, 0.15) is 28.4 Å². The van der Waals surface area contributed by atoms with Crippen molar-refractivity contribution in [1.82, 2.24) is 25.2 Å². The number of hydrogen-bond acceptors (Lipinski definition) is 6. The number of aryl methyl sites for hydroxylation is 1. The molecule has 0 unspecified atom stereocenters. The van der Waals surface area contributed by atoms with Crippen molar-refractivity contribution in [2.24, 2.45) is 0 Å². The first-order valence-electron chi connectivity index (χ1n) is 6.71. The predicted molar refractivity (Wildman–Crippen MR) is 79.3 cm³/mol. The van der Waals surface area contributed by atoms with Crippen LogP contribution in [0, 0.1) is 6.92 Å². The van der Waals surface area contributed by atoms with Gasteiger partial charge >= 0.3 is 0 Å². The maximum absolute atomic E-state index is 12.3. The molecule has 9 heteroatoms. The summed E-state index contributed by atoms with van der Waals surface area (Å²) in [4.78, 5) is 6.08. The molecule has 3 N–H and O–H groups in total. The van der Waals surface area contributed by atoms with Crippen LogP contribution in [-0.4, -0.2) is 29.6 Å². The highest BCUT2D eigenvalue weighted by Gasteiger charge is 2.23. The van der Waals surface area contributed by atoms with Gasteiger partial charge in [-0.15, -0.1) is 11.3 Å². The highest BCUT2D eigenvalue weighted by molar-refractivity contribution is 7.89. The van der Waals surface area contributed by atoms with E-state index in [1.54, 1.807) is 6.07 Å². The molecule has 0 saturated heterocycles. The van der Waals surface area contributed by atoms with Gasteiger partial charge < -0.3 is 5.32 Å². The molecule has 1 saturated carbocycles. The minimum Gasteiger partial charge on any atom is -0.309 e. The van der Waals surface area contributed by atoms with Crippen molar-refractivity contribution < 1.29 is 8.42 Å². The van der Waals surface area contributed by atoms with Gasteiger partial charge in [0.2, 0.25) is 10.0 Å². The summed E-state index contributed by atoms with van der Waals surface area (Å²) in [5.74, 6) is 0.488. The largest absolute Gasteiger partial charge is 0.309 e. The number of sulfonamides is 1. The fraction of sp³-hybridized carbons (Fsp3) is 0.500. The van der Waals surface area contributed by atoms with Gasteiger partial charge in [0.1, 0.15) is 12.2 Å². The van der Waals surface area contributed by atoms with Crippen LogP contribution in [0.4, 0.5) is 0 Å². The second-order valence-corrected chi connectivity index (χ2v) is 8.12. The predicted octanol–water partition coefficient (Wildman–Crippen LogP) is 0.905. The summed E-state index contributed by atoms with van der Waals surface area (Å²) < 4.78 is 27.2. The van der Waals surface area contributed by atoms with E-state index in [4.69, 9.17) is 0 Å². The van der Waals surface area contributed by atoms with E-state index in [0.29, 0.717) is 16.8 Å². The summed E-state index contributed by atoms with van der Waals surface area (Å²) in [6.45, 7) is 2.66. The zero-order valence-corrected chi connectivity index (χ0v) is 13.2. The monoisotopic (exact) mass is 327 g/mol. The Hall–Kier alpha value is -1.29. The number of hydrogen-bond donors (Lipinski definition) is 3. The third-order valence-corrected chi connectivity index (χ3v) is 5.96. The zero-order chi connectivity index (χ0) is 14.9. The molecule has 0 bridgehead atoms. The molecule has 7 nitrogen and oxygen atoms in total. The van der Waals surface area contributed by atoms with E-state index in [2.05, 4.69) is 25.2 Å². The van der Waals surface area contributed by atoms with Crippen LogP contribution in [0.25, 0.3) is 0 Å². The van der Waals surface area contributed by atoms with Gasteiger partial charge in [-0.05, 0) is 25.8 Å². The Balaban J connectivity index is 1.68. The summed E-state index contributed by atoms with van der Waals surface area (Å²) >= 11 is 1.52. The Kier molecular flexibility index (Phi) is 4.07. The Morgan fingerprint density at radius 2 is 2.24 bits per heavy atom. The molecule has 0 aliphatic heterocycles.